The van der Waals surface area contributed by atoms with Gasteiger partial charge < -0.3 is 5.73 Å². The van der Waals surface area contributed by atoms with Crippen LogP contribution in [-0.2, 0) is 6.42 Å². The van der Waals surface area contributed by atoms with Gasteiger partial charge in [-0.2, -0.15) is 5.10 Å². The van der Waals surface area contributed by atoms with Gasteiger partial charge in [-0.3, -0.25) is 0 Å². The van der Waals surface area contributed by atoms with Crippen LogP contribution in [-0.4, -0.2) is 9.78 Å². The molecule has 1 fully saturated rings. The van der Waals surface area contributed by atoms with E-state index < -0.39 is 0 Å². The maximum atomic E-state index is 6.08. The topological polar surface area (TPSA) is 43.8 Å². The average molecular weight is 269 g/mol. The van der Waals surface area contributed by atoms with Gasteiger partial charge in [0.15, 0.2) is 0 Å². The van der Waals surface area contributed by atoms with E-state index in [1.807, 2.05) is 41.1 Å². The van der Waals surface area contributed by atoms with Gasteiger partial charge in [-0.1, -0.05) is 50.3 Å². The first-order valence-electron chi connectivity index (χ1n) is 7.73. The second-order valence-corrected chi connectivity index (χ2v) is 5.85. The van der Waals surface area contributed by atoms with Crippen LogP contribution in [0.25, 0.3) is 5.69 Å². The summed E-state index contributed by atoms with van der Waals surface area (Å²) in [6.45, 7) is 0. The van der Waals surface area contributed by atoms with E-state index in [1.165, 1.54) is 38.5 Å². The van der Waals surface area contributed by atoms with Gasteiger partial charge in [0.05, 0.1) is 11.4 Å². The van der Waals surface area contributed by atoms with E-state index in [2.05, 4.69) is 5.10 Å². The van der Waals surface area contributed by atoms with E-state index in [0.29, 0.717) is 0 Å². The van der Waals surface area contributed by atoms with E-state index in [4.69, 9.17) is 5.73 Å². The summed E-state index contributed by atoms with van der Waals surface area (Å²) in [7, 11) is 0. The molecule has 0 aliphatic heterocycles. The van der Waals surface area contributed by atoms with E-state index in [1.54, 1.807) is 0 Å². The minimum Gasteiger partial charge on any atom is -0.384 e. The number of rotatable bonds is 4. The Labute approximate surface area is 120 Å². The molecular weight excluding hydrogens is 246 g/mol. The monoisotopic (exact) mass is 269 g/mol. The Morgan fingerprint density at radius 1 is 1.10 bits per heavy atom. The number of nitrogens with two attached hydrogens (primary N) is 1. The second-order valence-electron chi connectivity index (χ2n) is 5.85. The van der Waals surface area contributed by atoms with Crippen molar-refractivity contribution in [3.05, 3.63) is 42.1 Å². The van der Waals surface area contributed by atoms with Crippen molar-refractivity contribution in [3.8, 4) is 5.69 Å². The summed E-state index contributed by atoms with van der Waals surface area (Å²) in [6, 6.07) is 12.1. The van der Waals surface area contributed by atoms with Crippen LogP contribution >= 0.6 is 0 Å². The predicted molar refractivity (Wildman–Crippen MR) is 82.9 cm³/mol. The third kappa shape index (κ3) is 3.03. The van der Waals surface area contributed by atoms with E-state index in [-0.39, 0.29) is 0 Å². The van der Waals surface area contributed by atoms with Crippen molar-refractivity contribution in [1.82, 2.24) is 9.78 Å². The molecule has 1 aliphatic rings. The number of aromatic nitrogens is 2. The zero-order valence-electron chi connectivity index (χ0n) is 12.0. The molecule has 0 spiro atoms. The minimum absolute atomic E-state index is 0.731. The lowest BCUT2D eigenvalue weighted by atomic mass is 9.86. The highest BCUT2D eigenvalue weighted by atomic mass is 15.3. The zero-order valence-corrected chi connectivity index (χ0v) is 12.0. The van der Waals surface area contributed by atoms with Crippen LogP contribution in [0.1, 0.15) is 44.2 Å². The Morgan fingerprint density at radius 2 is 1.85 bits per heavy atom. The van der Waals surface area contributed by atoms with Crippen molar-refractivity contribution in [3.63, 3.8) is 0 Å². The highest BCUT2D eigenvalue weighted by molar-refractivity contribution is 5.42. The molecule has 106 valence electrons. The van der Waals surface area contributed by atoms with Crippen molar-refractivity contribution >= 4 is 5.82 Å². The van der Waals surface area contributed by atoms with E-state index in [0.717, 1.165) is 29.5 Å². The molecule has 20 heavy (non-hydrogen) atoms. The van der Waals surface area contributed by atoms with Crippen molar-refractivity contribution in [2.75, 3.05) is 5.73 Å². The lowest BCUT2D eigenvalue weighted by molar-refractivity contribution is 0.338. The molecule has 2 aromatic rings. The fourth-order valence-electron chi connectivity index (χ4n) is 3.17. The lowest BCUT2D eigenvalue weighted by Crippen LogP contribution is -2.07. The zero-order chi connectivity index (χ0) is 13.8. The predicted octanol–water partition coefficient (Wildman–Crippen LogP) is 3.97. The standard InChI is InChI=1S/C17H23N3/c18-17-13-15(12-11-14-7-3-1-4-8-14)19-20(17)16-9-5-2-6-10-16/h2,5-6,9-10,13-14H,1,3-4,7-8,11-12,18H2. The Hall–Kier alpha value is -1.77. The van der Waals surface area contributed by atoms with Gasteiger partial charge in [-0.25, -0.2) is 4.68 Å². The average Bonchev–Trinajstić information content (AvgIpc) is 2.88. The Balaban J connectivity index is 1.66. The van der Waals surface area contributed by atoms with Crippen LogP contribution in [0, 0.1) is 5.92 Å². The van der Waals surface area contributed by atoms with Gasteiger partial charge >= 0.3 is 0 Å². The van der Waals surface area contributed by atoms with Crippen LogP contribution in [0.2, 0.25) is 0 Å². The SMILES string of the molecule is Nc1cc(CCC2CCCCC2)nn1-c1ccccc1. The summed E-state index contributed by atoms with van der Waals surface area (Å²) in [5, 5.41) is 4.66. The summed E-state index contributed by atoms with van der Waals surface area (Å²) < 4.78 is 1.84. The molecule has 3 rings (SSSR count). The molecule has 0 unspecified atom stereocenters. The molecule has 1 aromatic carbocycles. The first kappa shape index (κ1) is 13.2. The number of nitrogens with zero attached hydrogens (tertiary/aromatic N) is 2. The third-order valence-corrected chi connectivity index (χ3v) is 4.32. The molecule has 1 saturated carbocycles. The Morgan fingerprint density at radius 3 is 2.60 bits per heavy atom. The van der Waals surface area contributed by atoms with Crippen LogP contribution in [0.4, 0.5) is 5.82 Å². The highest BCUT2D eigenvalue weighted by Crippen LogP contribution is 2.27. The molecular formula is C17H23N3. The quantitative estimate of drug-likeness (QED) is 0.912. The molecule has 1 heterocycles. The number of anilines is 1. The summed E-state index contributed by atoms with van der Waals surface area (Å²) in [4.78, 5) is 0. The van der Waals surface area contributed by atoms with Gasteiger partial charge in [0, 0.05) is 6.07 Å². The maximum absolute atomic E-state index is 6.08. The minimum atomic E-state index is 0.731. The summed E-state index contributed by atoms with van der Waals surface area (Å²) in [5.74, 6) is 1.63. The fraction of sp³-hybridized carbons (Fsp3) is 0.471. The molecule has 3 nitrogen and oxygen atoms in total. The smallest absolute Gasteiger partial charge is 0.127 e. The van der Waals surface area contributed by atoms with Crippen molar-refractivity contribution in [2.24, 2.45) is 5.92 Å². The van der Waals surface area contributed by atoms with Crippen molar-refractivity contribution in [1.29, 1.82) is 0 Å². The lowest BCUT2D eigenvalue weighted by Gasteiger charge is -2.20. The number of benzene rings is 1. The maximum Gasteiger partial charge on any atom is 0.127 e. The number of para-hydroxylation sites is 1. The van der Waals surface area contributed by atoms with Crippen LogP contribution in [0.15, 0.2) is 36.4 Å². The molecule has 1 aromatic heterocycles. The first-order chi connectivity index (χ1) is 9.83. The molecule has 0 radical (unpaired) electrons. The Kier molecular flexibility index (Phi) is 4.05. The number of nitrogen functional groups attached to an aromatic ring is 1. The van der Waals surface area contributed by atoms with Crippen molar-refractivity contribution in [2.45, 2.75) is 44.9 Å². The largest absolute Gasteiger partial charge is 0.384 e. The Bertz CT molecular complexity index is 539. The van der Waals surface area contributed by atoms with Gasteiger partial charge in [0.1, 0.15) is 5.82 Å². The van der Waals surface area contributed by atoms with Gasteiger partial charge in [-0.15, -0.1) is 0 Å². The van der Waals surface area contributed by atoms with Crippen LogP contribution in [0.3, 0.4) is 0 Å². The highest BCUT2D eigenvalue weighted by Gasteiger charge is 2.14. The molecule has 3 heteroatoms. The number of hydrogen-bond acceptors (Lipinski definition) is 2. The van der Waals surface area contributed by atoms with Crippen LogP contribution in [0.5, 0.6) is 0 Å². The van der Waals surface area contributed by atoms with Gasteiger partial charge in [-0.05, 0) is 30.9 Å². The molecule has 0 amide bonds. The number of aryl methyl sites for hydroxylation is 1. The second kappa shape index (κ2) is 6.12. The first-order valence-corrected chi connectivity index (χ1v) is 7.73. The molecule has 2 N–H and O–H groups in total. The summed E-state index contributed by atoms with van der Waals surface area (Å²) >= 11 is 0. The summed E-state index contributed by atoms with van der Waals surface area (Å²) in [6.07, 6.45) is 9.34. The van der Waals surface area contributed by atoms with E-state index >= 15 is 0 Å². The molecule has 0 bridgehead atoms. The molecule has 0 saturated heterocycles. The summed E-state index contributed by atoms with van der Waals surface area (Å²) in [5.41, 5.74) is 8.24. The fourth-order valence-corrected chi connectivity index (χ4v) is 3.17. The van der Waals surface area contributed by atoms with Gasteiger partial charge in [0.25, 0.3) is 0 Å². The van der Waals surface area contributed by atoms with E-state index in [9.17, 15) is 0 Å². The normalized spacial score (nSPS) is 16.4. The number of hydrogen-bond donors (Lipinski definition) is 1. The third-order valence-electron chi connectivity index (χ3n) is 4.32. The molecule has 1 aliphatic carbocycles. The van der Waals surface area contributed by atoms with Gasteiger partial charge in [0.2, 0.25) is 0 Å². The van der Waals surface area contributed by atoms with Crippen molar-refractivity contribution < 1.29 is 0 Å². The molecule has 0 atom stereocenters. The van der Waals surface area contributed by atoms with Crippen LogP contribution < -0.4 is 5.73 Å².